The van der Waals surface area contributed by atoms with Crippen molar-refractivity contribution in [3.05, 3.63) is 182 Å². The Morgan fingerprint density at radius 2 is 1.02 bits per heavy atom. The van der Waals surface area contributed by atoms with Crippen LogP contribution in [0.15, 0.2) is 182 Å². The molecule has 0 radical (unpaired) electrons. The van der Waals surface area contributed by atoms with Crippen molar-refractivity contribution in [2.75, 3.05) is 0 Å². The van der Waals surface area contributed by atoms with Crippen LogP contribution < -0.4 is 0 Å². The van der Waals surface area contributed by atoms with Gasteiger partial charge in [-0.3, -0.25) is 4.40 Å². The molecule has 15 rings (SSSR count). The summed E-state index contributed by atoms with van der Waals surface area (Å²) in [7, 11) is 0. The number of fused-ring (bicyclic) bond motifs is 20. The molecule has 0 aliphatic heterocycles. The zero-order valence-electron chi connectivity index (χ0n) is 31.6. The van der Waals surface area contributed by atoms with Crippen LogP contribution >= 0.6 is 0 Å². The maximum atomic E-state index is 5.49. The maximum Gasteiger partial charge on any atom is 0.146 e. The van der Waals surface area contributed by atoms with E-state index in [9.17, 15) is 0 Å². The monoisotopic (exact) mass is 746 g/mol. The summed E-state index contributed by atoms with van der Waals surface area (Å²) in [6.07, 6.45) is 2.15. The van der Waals surface area contributed by atoms with Crippen molar-refractivity contribution in [3.8, 4) is 16.8 Å². The van der Waals surface area contributed by atoms with Crippen molar-refractivity contribution < 1.29 is 0 Å². The van der Waals surface area contributed by atoms with Gasteiger partial charge in [0.25, 0.3) is 0 Å². The van der Waals surface area contributed by atoms with E-state index in [0.717, 1.165) is 11.2 Å². The van der Waals surface area contributed by atoms with E-state index in [2.05, 4.69) is 195 Å². The molecule has 0 fully saturated rings. The molecule has 0 amide bonds. The molecule has 59 heavy (non-hydrogen) atoms. The van der Waals surface area contributed by atoms with Gasteiger partial charge >= 0.3 is 0 Å². The fourth-order valence-electron chi connectivity index (χ4n) is 11.2. The summed E-state index contributed by atoms with van der Waals surface area (Å²) in [5, 5.41) is 17.7. The maximum absolute atomic E-state index is 5.49. The molecule has 0 spiro atoms. The van der Waals surface area contributed by atoms with Crippen LogP contribution in [0.4, 0.5) is 0 Å². The van der Waals surface area contributed by atoms with E-state index in [1.165, 1.54) is 125 Å². The highest BCUT2D eigenvalue weighted by Crippen LogP contribution is 2.50. The van der Waals surface area contributed by atoms with Gasteiger partial charge < -0.3 is 8.97 Å². The van der Waals surface area contributed by atoms with Crippen LogP contribution in [0.5, 0.6) is 0 Å². The first-order valence-corrected chi connectivity index (χ1v) is 20.4. The Hall–Kier alpha value is -7.95. The molecule has 270 valence electrons. The van der Waals surface area contributed by atoms with Crippen LogP contribution in [0.3, 0.4) is 0 Å². The van der Waals surface area contributed by atoms with Gasteiger partial charge in [-0.25, -0.2) is 4.98 Å². The number of hydrogen-bond donors (Lipinski definition) is 0. The molecule has 6 aromatic heterocycles. The highest BCUT2D eigenvalue weighted by atomic mass is 15.0. The Bertz CT molecular complexity index is 4300. The first-order chi connectivity index (χ1) is 29.3. The van der Waals surface area contributed by atoms with Crippen molar-refractivity contribution >= 4 is 120 Å². The average Bonchev–Trinajstić information content (AvgIpc) is 4.09. The Labute approximate surface area is 335 Å². The first-order valence-electron chi connectivity index (χ1n) is 20.4. The molecule has 9 aromatic carbocycles. The lowest BCUT2D eigenvalue weighted by Crippen LogP contribution is -1.93. The van der Waals surface area contributed by atoms with Crippen LogP contribution in [0.25, 0.3) is 136 Å². The quantitative estimate of drug-likeness (QED) is 0.173. The van der Waals surface area contributed by atoms with Crippen molar-refractivity contribution in [1.82, 2.24) is 18.4 Å². The van der Waals surface area contributed by atoms with Crippen LogP contribution in [-0.2, 0) is 0 Å². The summed E-state index contributed by atoms with van der Waals surface area (Å²) >= 11 is 0. The van der Waals surface area contributed by atoms with Crippen LogP contribution in [0, 0.1) is 0 Å². The van der Waals surface area contributed by atoms with E-state index in [-0.39, 0.29) is 0 Å². The molecule has 4 nitrogen and oxygen atoms in total. The zero-order valence-corrected chi connectivity index (χ0v) is 31.6. The average molecular weight is 747 g/mol. The first kappa shape index (κ1) is 30.2. The minimum absolute atomic E-state index is 1.00. The Morgan fingerprint density at radius 3 is 1.90 bits per heavy atom. The number of nitrogens with zero attached hydrogens (tertiary/aromatic N) is 4. The van der Waals surface area contributed by atoms with E-state index >= 15 is 0 Å². The smallest absolute Gasteiger partial charge is 0.146 e. The SMILES string of the molecule is c1ccc(-n2c3ccccc3c3cc(-c4cccc5c6cccc7c8c9c%10c%11ccccc%11cc%11c%12c%13ccccc%13ccc%12n(c9cnc8n(c45)c67)c%11%10)ccc32)cc1. The number of para-hydroxylation sites is 4. The molecule has 0 atom stereocenters. The van der Waals surface area contributed by atoms with E-state index in [4.69, 9.17) is 4.98 Å². The lowest BCUT2D eigenvalue weighted by atomic mass is 9.97. The van der Waals surface area contributed by atoms with E-state index in [1.54, 1.807) is 0 Å². The van der Waals surface area contributed by atoms with Crippen molar-refractivity contribution in [3.63, 3.8) is 0 Å². The van der Waals surface area contributed by atoms with E-state index < -0.39 is 0 Å². The number of pyridine rings is 1. The second-order valence-corrected chi connectivity index (χ2v) is 16.3. The standard InChI is InChI=1S/C55H30N4/c1-2-14-34(15-3-1)57-44-23-9-8-18-38(44)42-28-33(25-26-45(42)57)37-19-10-20-39-40-21-11-22-41-50-51-47(30-56-55(50)59(52(37)39)53(40)41)58-46-27-24-31-12-4-6-16-35(31)48(46)43-29-32-13-5-7-17-36(32)49(51)54(43)58/h1-30H. The molecule has 0 N–H and O–H groups in total. The Kier molecular flexibility index (Phi) is 5.38. The third-order valence-corrected chi connectivity index (χ3v) is 13.5. The van der Waals surface area contributed by atoms with E-state index in [1.807, 2.05) is 0 Å². The predicted octanol–water partition coefficient (Wildman–Crippen LogP) is 14.5. The highest BCUT2D eigenvalue weighted by molar-refractivity contribution is 6.40. The molecule has 0 saturated heterocycles. The molecule has 0 aliphatic carbocycles. The van der Waals surface area contributed by atoms with Gasteiger partial charge in [0.1, 0.15) is 5.65 Å². The summed E-state index contributed by atoms with van der Waals surface area (Å²) in [6, 6.07) is 64.9. The molecular weight excluding hydrogens is 717 g/mol. The van der Waals surface area contributed by atoms with Gasteiger partial charge in [-0.05, 0) is 69.6 Å². The Balaban J connectivity index is 1.10. The van der Waals surface area contributed by atoms with Crippen molar-refractivity contribution in [1.29, 1.82) is 0 Å². The van der Waals surface area contributed by atoms with Gasteiger partial charge in [-0.2, -0.15) is 0 Å². The molecule has 4 heteroatoms. The highest BCUT2D eigenvalue weighted by Gasteiger charge is 2.27. The van der Waals surface area contributed by atoms with Crippen molar-refractivity contribution in [2.24, 2.45) is 0 Å². The van der Waals surface area contributed by atoms with Crippen molar-refractivity contribution in [2.45, 2.75) is 0 Å². The van der Waals surface area contributed by atoms with Gasteiger partial charge in [0.05, 0.1) is 44.8 Å². The molecule has 15 aromatic rings. The minimum atomic E-state index is 1.00. The number of benzene rings is 9. The second-order valence-electron chi connectivity index (χ2n) is 16.3. The molecule has 6 heterocycles. The largest absolute Gasteiger partial charge is 0.309 e. The summed E-state index contributed by atoms with van der Waals surface area (Å²) in [4.78, 5) is 5.49. The lowest BCUT2D eigenvalue weighted by molar-refractivity contribution is 1.18. The van der Waals surface area contributed by atoms with Gasteiger partial charge in [0, 0.05) is 65.1 Å². The summed E-state index contributed by atoms with van der Waals surface area (Å²) in [6.45, 7) is 0. The van der Waals surface area contributed by atoms with Crippen LogP contribution in [-0.4, -0.2) is 18.4 Å². The van der Waals surface area contributed by atoms with Crippen LogP contribution in [0.1, 0.15) is 0 Å². The minimum Gasteiger partial charge on any atom is -0.309 e. The topological polar surface area (TPSA) is 26.6 Å². The number of hydrogen-bond acceptors (Lipinski definition) is 1. The van der Waals surface area contributed by atoms with Gasteiger partial charge in [-0.1, -0.05) is 133 Å². The second kappa shape index (κ2) is 10.5. The van der Waals surface area contributed by atoms with Gasteiger partial charge in [0.2, 0.25) is 0 Å². The fraction of sp³-hybridized carbons (Fsp3) is 0. The molecule has 0 bridgehead atoms. The molecule has 0 unspecified atom stereocenters. The molecule has 0 saturated carbocycles. The summed E-state index contributed by atoms with van der Waals surface area (Å²) in [5.74, 6) is 0. The summed E-state index contributed by atoms with van der Waals surface area (Å²) < 4.78 is 7.36. The predicted molar refractivity (Wildman–Crippen MR) is 248 cm³/mol. The Morgan fingerprint density at radius 1 is 0.339 bits per heavy atom. The van der Waals surface area contributed by atoms with Crippen LogP contribution in [0.2, 0.25) is 0 Å². The molecular formula is C55H30N4. The zero-order chi connectivity index (χ0) is 38.1. The van der Waals surface area contributed by atoms with Gasteiger partial charge in [0.15, 0.2) is 0 Å². The molecule has 0 aliphatic rings. The normalized spacial score (nSPS) is 12.7. The number of rotatable bonds is 2. The number of aromatic nitrogens is 4. The lowest BCUT2D eigenvalue weighted by Gasteiger charge is -2.09. The third kappa shape index (κ3) is 3.56. The third-order valence-electron chi connectivity index (χ3n) is 13.5. The summed E-state index contributed by atoms with van der Waals surface area (Å²) in [5.41, 5.74) is 13.1. The van der Waals surface area contributed by atoms with E-state index in [0.29, 0.717) is 0 Å². The fourth-order valence-corrected chi connectivity index (χ4v) is 11.2. The van der Waals surface area contributed by atoms with Gasteiger partial charge in [-0.15, -0.1) is 0 Å².